The van der Waals surface area contributed by atoms with E-state index >= 15 is 0 Å². The molecule has 1 aromatic carbocycles. The molecule has 1 fully saturated rings. The highest BCUT2D eigenvalue weighted by molar-refractivity contribution is 6.30. The van der Waals surface area contributed by atoms with Gasteiger partial charge in [-0.2, -0.15) is 0 Å². The van der Waals surface area contributed by atoms with Crippen LogP contribution in [0.4, 0.5) is 0 Å². The van der Waals surface area contributed by atoms with E-state index in [1.807, 2.05) is 7.05 Å². The lowest BCUT2D eigenvalue weighted by atomic mass is 10.2. The maximum atomic E-state index is 13.1. The van der Waals surface area contributed by atoms with Gasteiger partial charge in [0.2, 0.25) is 5.91 Å². The Morgan fingerprint density at radius 3 is 2.39 bits per heavy atom. The van der Waals surface area contributed by atoms with Gasteiger partial charge in [0, 0.05) is 49.5 Å². The zero-order valence-corrected chi connectivity index (χ0v) is 18.2. The van der Waals surface area contributed by atoms with Gasteiger partial charge in [-0.15, -0.1) is 0 Å². The predicted molar refractivity (Wildman–Crippen MR) is 118 cm³/mol. The van der Waals surface area contributed by atoms with Gasteiger partial charge in [0.1, 0.15) is 11.9 Å². The largest absolute Gasteiger partial charge is 0.339 e. The number of fused-ring (bicyclic) bond motifs is 1. The molecule has 0 radical (unpaired) electrons. The highest BCUT2D eigenvalue weighted by Gasteiger charge is 2.22. The number of halogens is 1. The van der Waals surface area contributed by atoms with Crippen LogP contribution in [0.5, 0.6) is 0 Å². The van der Waals surface area contributed by atoms with Crippen molar-refractivity contribution in [2.24, 2.45) is 0 Å². The van der Waals surface area contributed by atoms with Crippen molar-refractivity contribution in [3.8, 4) is 11.4 Å². The Hall–Kier alpha value is -3.04. The Balaban J connectivity index is 1.75. The molecule has 0 bridgehead atoms. The molecule has 3 heterocycles. The minimum Gasteiger partial charge on any atom is -0.339 e. The van der Waals surface area contributed by atoms with Crippen LogP contribution in [0.15, 0.2) is 40.1 Å². The van der Waals surface area contributed by atoms with Gasteiger partial charge >= 0.3 is 5.69 Å². The van der Waals surface area contributed by atoms with Crippen LogP contribution in [0.1, 0.15) is 6.92 Å². The van der Waals surface area contributed by atoms with Crippen LogP contribution in [-0.2, 0) is 17.9 Å². The van der Waals surface area contributed by atoms with Crippen LogP contribution in [0.25, 0.3) is 22.4 Å². The van der Waals surface area contributed by atoms with Gasteiger partial charge in [0.25, 0.3) is 5.56 Å². The topological polar surface area (TPSA) is 93.3 Å². The lowest BCUT2D eigenvalue weighted by Crippen LogP contribution is -2.50. The fourth-order valence-electron chi connectivity index (χ4n) is 3.65. The molecule has 162 valence electrons. The van der Waals surface area contributed by atoms with E-state index in [0.717, 1.165) is 23.2 Å². The van der Waals surface area contributed by atoms with Crippen LogP contribution < -0.4 is 11.2 Å². The van der Waals surface area contributed by atoms with E-state index in [9.17, 15) is 14.4 Å². The first-order chi connectivity index (χ1) is 14.9. The zero-order valence-electron chi connectivity index (χ0n) is 17.4. The van der Waals surface area contributed by atoms with Crippen molar-refractivity contribution in [3.63, 3.8) is 0 Å². The summed E-state index contributed by atoms with van der Waals surface area (Å²) in [6, 6.07) is 6.99. The molecule has 31 heavy (non-hydrogen) atoms. The van der Waals surface area contributed by atoms with Crippen LogP contribution in [0.3, 0.4) is 0 Å². The molecule has 4 rings (SSSR count). The van der Waals surface area contributed by atoms with Crippen LogP contribution in [0, 0.1) is 0 Å². The number of rotatable bonds is 4. The van der Waals surface area contributed by atoms with E-state index in [1.54, 1.807) is 36.1 Å². The Kier molecular flexibility index (Phi) is 5.88. The summed E-state index contributed by atoms with van der Waals surface area (Å²) in [4.78, 5) is 51.5. The first-order valence-corrected chi connectivity index (χ1v) is 10.5. The first kappa shape index (κ1) is 21.2. The van der Waals surface area contributed by atoms with E-state index in [2.05, 4.69) is 14.9 Å². The van der Waals surface area contributed by atoms with Crippen molar-refractivity contribution >= 4 is 28.5 Å². The number of nitrogens with zero attached hydrogens (tertiary/aromatic N) is 6. The number of carbonyl (C=O) groups is 1. The van der Waals surface area contributed by atoms with Crippen molar-refractivity contribution in [2.45, 2.75) is 20.0 Å². The third-order valence-corrected chi connectivity index (χ3v) is 5.78. The quantitative estimate of drug-likeness (QED) is 0.600. The summed E-state index contributed by atoms with van der Waals surface area (Å²) in [5.41, 5.74) is -0.144. The van der Waals surface area contributed by atoms with Gasteiger partial charge in [-0.1, -0.05) is 11.6 Å². The molecule has 2 aromatic heterocycles. The molecule has 0 saturated carbocycles. The highest BCUT2D eigenvalue weighted by Crippen LogP contribution is 2.19. The van der Waals surface area contributed by atoms with Crippen LogP contribution in [-0.4, -0.2) is 68.0 Å². The van der Waals surface area contributed by atoms with Crippen LogP contribution >= 0.6 is 11.6 Å². The van der Waals surface area contributed by atoms with Crippen molar-refractivity contribution in [1.82, 2.24) is 28.9 Å². The predicted octanol–water partition coefficient (Wildman–Crippen LogP) is 1.07. The molecular weight excluding hydrogens is 420 g/mol. The minimum absolute atomic E-state index is 0.199. The summed E-state index contributed by atoms with van der Waals surface area (Å²) < 4.78 is 2.38. The molecule has 0 spiro atoms. The van der Waals surface area contributed by atoms with E-state index in [0.29, 0.717) is 30.5 Å². The molecule has 1 aliphatic heterocycles. The number of hydrogen-bond donors (Lipinski definition) is 0. The summed E-state index contributed by atoms with van der Waals surface area (Å²) >= 11 is 5.94. The van der Waals surface area contributed by atoms with E-state index in [4.69, 9.17) is 11.6 Å². The molecule has 10 heteroatoms. The number of aryl methyl sites for hydroxylation is 1. The molecule has 0 N–H and O–H groups in total. The fourth-order valence-corrected chi connectivity index (χ4v) is 3.78. The van der Waals surface area contributed by atoms with Crippen molar-refractivity contribution in [2.75, 3.05) is 33.2 Å². The van der Waals surface area contributed by atoms with Gasteiger partial charge in [-0.25, -0.2) is 14.8 Å². The number of hydrogen-bond acceptors (Lipinski definition) is 6. The monoisotopic (exact) mass is 442 g/mol. The van der Waals surface area contributed by atoms with E-state index in [1.165, 1.54) is 10.8 Å². The van der Waals surface area contributed by atoms with Gasteiger partial charge in [-0.05, 0) is 38.2 Å². The standard InChI is InChI=1S/C21H23ClN6O3/c1-3-27-19-16(12-23-18(24-19)14-4-6-15(22)7-5-14)20(30)28(21(27)31)13-17(29)26-10-8-25(2)9-11-26/h4-7,12H,3,8-11,13H2,1-2H3. The Bertz CT molecular complexity index is 1240. The molecule has 1 amide bonds. The third-order valence-electron chi connectivity index (χ3n) is 5.53. The summed E-state index contributed by atoms with van der Waals surface area (Å²) in [6.07, 6.45) is 1.41. The van der Waals surface area contributed by atoms with E-state index in [-0.39, 0.29) is 23.5 Å². The number of piperazine rings is 1. The molecule has 0 unspecified atom stereocenters. The number of benzene rings is 1. The lowest BCUT2D eigenvalue weighted by Gasteiger charge is -2.32. The second-order valence-electron chi connectivity index (χ2n) is 7.54. The first-order valence-electron chi connectivity index (χ1n) is 10.1. The van der Waals surface area contributed by atoms with Gasteiger partial charge < -0.3 is 9.80 Å². The minimum atomic E-state index is -0.560. The Labute approximate surface area is 183 Å². The van der Waals surface area contributed by atoms with Crippen LogP contribution in [0.2, 0.25) is 5.02 Å². The smallest absolute Gasteiger partial charge is 0.333 e. The molecule has 0 aliphatic carbocycles. The van der Waals surface area contributed by atoms with Crippen molar-refractivity contribution in [3.05, 3.63) is 56.3 Å². The van der Waals surface area contributed by atoms with Gasteiger partial charge in [0.15, 0.2) is 11.5 Å². The zero-order chi connectivity index (χ0) is 22.1. The SMILES string of the molecule is CCn1c(=O)n(CC(=O)N2CCN(C)CC2)c(=O)c2cnc(-c3ccc(Cl)cc3)nc21. The number of carbonyl (C=O) groups excluding carboxylic acids is 1. The molecule has 1 aliphatic rings. The average molecular weight is 443 g/mol. The molecular formula is C21H23ClN6O3. The Morgan fingerprint density at radius 1 is 1.06 bits per heavy atom. The average Bonchev–Trinajstić information content (AvgIpc) is 2.77. The second-order valence-corrected chi connectivity index (χ2v) is 7.98. The molecule has 0 atom stereocenters. The van der Waals surface area contributed by atoms with Crippen molar-refractivity contribution in [1.29, 1.82) is 0 Å². The summed E-state index contributed by atoms with van der Waals surface area (Å²) in [6.45, 7) is 4.48. The van der Waals surface area contributed by atoms with Gasteiger partial charge in [-0.3, -0.25) is 18.7 Å². The maximum absolute atomic E-state index is 13.1. The van der Waals surface area contributed by atoms with Crippen molar-refractivity contribution < 1.29 is 4.79 Å². The molecule has 3 aromatic rings. The summed E-state index contributed by atoms with van der Waals surface area (Å²) in [7, 11) is 1.99. The molecule has 9 nitrogen and oxygen atoms in total. The number of aromatic nitrogens is 4. The second kappa shape index (κ2) is 8.60. The van der Waals surface area contributed by atoms with Gasteiger partial charge in [0.05, 0.1) is 0 Å². The molecule has 1 saturated heterocycles. The fraction of sp³-hybridized carbons (Fsp3) is 0.381. The number of amides is 1. The lowest BCUT2D eigenvalue weighted by molar-refractivity contribution is -0.133. The summed E-state index contributed by atoms with van der Waals surface area (Å²) in [5.74, 6) is 0.143. The highest BCUT2D eigenvalue weighted by atomic mass is 35.5. The van der Waals surface area contributed by atoms with E-state index < -0.39 is 11.2 Å². The maximum Gasteiger partial charge on any atom is 0.333 e. The third kappa shape index (κ3) is 4.11. The summed E-state index contributed by atoms with van der Waals surface area (Å²) in [5, 5.41) is 0.785. The number of likely N-dealkylation sites (N-methyl/N-ethyl adjacent to an activating group) is 1. The normalized spacial score (nSPS) is 14.9. The Morgan fingerprint density at radius 2 is 1.74 bits per heavy atom.